The summed E-state index contributed by atoms with van der Waals surface area (Å²) in [6.07, 6.45) is 3.37. The van der Waals surface area contributed by atoms with Gasteiger partial charge in [-0.1, -0.05) is 48.5 Å². The van der Waals surface area contributed by atoms with Crippen LogP contribution >= 0.6 is 11.3 Å². The monoisotopic (exact) mass is 493 g/mol. The highest BCUT2D eigenvalue weighted by molar-refractivity contribution is 7.12. The Balaban J connectivity index is 1.26. The maximum atomic E-state index is 12.9. The number of nitrogens with zero attached hydrogens (tertiary/aromatic N) is 5. The smallest absolute Gasteiger partial charge is 0.208 e. The number of thiophene rings is 1. The van der Waals surface area contributed by atoms with Gasteiger partial charge in [-0.15, -0.1) is 11.3 Å². The molecule has 180 valence electrons. The number of carbonyl (C=O) groups is 1. The van der Waals surface area contributed by atoms with Gasteiger partial charge < -0.3 is 4.90 Å². The van der Waals surface area contributed by atoms with Gasteiger partial charge in [0.05, 0.1) is 22.3 Å². The number of piperazine rings is 1. The quantitative estimate of drug-likeness (QED) is 0.308. The molecule has 6 nitrogen and oxygen atoms in total. The Hall–Kier alpha value is -3.65. The Morgan fingerprint density at radius 1 is 0.917 bits per heavy atom. The molecule has 0 saturated carbocycles. The fourth-order valence-corrected chi connectivity index (χ4v) is 5.41. The van der Waals surface area contributed by atoms with Gasteiger partial charge in [0.2, 0.25) is 5.78 Å². The first-order valence-electron chi connectivity index (χ1n) is 12.2. The maximum absolute atomic E-state index is 12.9. The number of likely N-dealkylation sites (N-methyl/N-ethyl adjacent to an activating group) is 1. The second-order valence-corrected chi connectivity index (χ2v) is 10.2. The van der Waals surface area contributed by atoms with Crippen molar-refractivity contribution in [3.63, 3.8) is 0 Å². The van der Waals surface area contributed by atoms with Crippen LogP contribution < -0.4 is 0 Å². The summed E-state index contributed by atoms with van der Waals surface area (Å²) in [5.74, 6) is -0.0462. The van der Waals surface area contributed by atoms with Crippen LogP contribution in [0.1, 0.15) is 20.8 Å². The summed E-state index contributed by atoms with van der Waals surface area (Å²) in [5, 5.41) is 6.44. The van der Waals surface area contributed by atoms with Crippen molar-refractivity contribution < 1.29 is 4.79 Å². The van der Waals surface area contributed by atoms with Crippen LogP contribution in [0, 0.1) is 0 Å². The Bertz CT molecular complexity index is 1500. The molecular weight excluding hydrogens is 466 g/mol. The Labute approximate surface area is 214 Å². The highest BCUT2D eigenvalue weighted by Gasteiger charge is 2.19. The van der Waals surface area contributed by atoms with Crippen molar-refractivity contribution in [2.45, 2.75) is 6.54 Å². The second kappa shape index (κ2) is 9.78. The largest absolute Gasteiger partial charge is 0.304 e. The predicted molar refractivity (Wildman–Crippen MR) is 144 cm³/mol. The van der Waals surface area contributed by atoms with Gasteiger partial charge in [-0.05, 0) is 47.3 Å². The molecule has 5 aromatic rings. The van der Waals surface area contributed by atoms with Crippen molar-refractivity contribution in [3.05, 3.63) is 101 Å². The highest BCUT2D eigenvalue weighted by atomic mass is 32.1. The summed E-state index contributed by atoms with van der Waals surface area (Å²) in [5.41, 5.74) is 6.69. The van der Waals surface area contributed by atoms with Gasteiger partial charge in [-0.2, -0.15) is 5.10 Å². The van der Waals surface area contributed by atoms with E-state index >= 15 is 0 Å². The van der Waals surface area contributed by atoms with Crippen molar-refractivity contribution >= 4 is 22.8 Å². The fraction of sp³-hybridized carbons (Fsp3) is 0.207. The number of benzene rings is 2. The van der Waals surface area contributed by atoms with Crippen LogP contribution in [0.25, 0.3) is 28.0 Å². The van der Waals surface area contributed by atoms with E-state index in [1.165, 1.54) is 22.5 Å². The molecule has 0 N–H and O–H groups in total. The maximum Gasteiger partial charge on any atom is 0.208 e. The summed E-state index contributed by atoms with van der Waals surface area (Å²) in [6.45, 7) is 5.50. The number of hydrogen-bond acceptors (Lipinski definition) is 6. The molecule has 1 aliphatic rings. The van der Waals surface area contributed by atoms with Crippen LogP contribution in [0.2, 0.25) is 0 Å². The number of ketones is 1. The Morgan fingerprint density at radius 3 is 2.50 bits per heavy atom. The number of hydrogen-bond donors (Lipinski definition) is 0. The molecule has 6 rings (SSSR count). The molecule has 4 heterocycles. The van der Waals surface area contributed by atoms with Crippen LogP contribution in [-0.2, 0) is 6.54 Å². The molecule has 0 unspecified atom stereocenters. The van der Waals surface area contributed by atoms with Crippen LogP contribution in [0.4, 0.5) is 0 Å². The van der Waals surface area contributed by atoms with E-state index in [1.54, 1.807) is 16.9 Å². The molecule has 3 aromatic heterocycles. The molecule has 36 heavy (non-hydrogen) atoms. The van der Waals surface area contributed by atoms with E-state index in [0.717, 1.165) is 49.5 Å². The zero-order valence-electron chi connectivity index (χ0n) is 20.2. The molecular formula is C29H27N5OS. The van der Waals surface area contributed by atoms with Crippen LogP contribution in [-0.4, -0.2) is 63.4 Å². The predicted octanol–water partition coefficient (Wildman–Crippen LogP) is 5.10. The summed E-state index contributed by atoms with van der Waals surface area (Å²) >= 11 is 1.43. The van der Waals surface area contributed by atoms with Gasteiger partial charge in [0.25, 0.3) is 0 Å². The molecule has 0 bridgehead atoms. The molecule has 1 fully saturated rings. The van der Waals surface area contributed by atoms with E-state index in [2.05, 4.69) is 75.5 Å². The highest BCUT2D eigenvalue weighted by Crippen LogP contribution is 2.28. The van der Waals surface area contributed by atoms with E-state index in [4.69, 9.17) is 0 Å². The normalized spacial score (nSPS) is 14.9. The van der Waals surface area contributed by atoms with Gasteiger partial charge in [0.15, 0.2) is 5.65 Å². The molecule has 7 heteroatoms. The van der Waals surface area contributed by atoms with Gasteiger partial charge in [-0.25, -0.2) is 9.50 Å². The molecule has 0 atom stereocenters. The van der Waals surface area contributed by atoms with Gasteiger partial charge in [0, 0.05) is 44.5 Å². The first kappa shape index (κ1) is 22.8. The lowest BCUT2D eigenvalue weighted by molar-refractivity contribution is 0.104. The third-order valence-electron chi connectivity index (χ3n) is 6.84. The third kappa shape index (κ3) is 4.48. The van der Waals surface area contributed by atoms with Crippen LogP contribution in [0.5, 0.6) is 0 Å². The molecule has 2 aromatic carbocycles. The lowest BCUT2D eigenvalue weighted by Gasteiger charge is -2.32. The molecule has 0 amide bonds. The zero-order chi connectivity index (χ0) is 24.5. The van der Waals surface area contributed by atoms with Crippen molar-refractivity contribution in [1.82, 2.24) is 24.4 Å². The Morgan fingerprint density at radius 2 is 1.72 bits per heavy atom. The first-order valence-corrected chi connectivity index (χ1v) is 13.1. The van der Waals surface area contributed by atoms with Crippen molar-refractivity contribution in [1.29, 1.82) is 0 Å². The minimum atomic E-state index is -0.0462. The standard InChI is InChI=1S/C29H27N5OS/c1-32-13-15-33(16-14-32)20-21-7-9-22(10-8-21)23-4-2-5-24(18-23)26-11-12-30-29-25(19-31-34(26)29)28(35)27-6-3-17-36-27/h2-12,17-19H,13-16,20H2,1H3. The summed E-state index contributed by atoms with van der Waals surface area (Å²) in [4.78, 5) is 23.0. The Kier molecular flexibility index (Phi) is 6.19. The van der Waals surface area contributed by atoms with E-state index in [-0.39, 0.29) is 5.78 Å². The molecule has 0 radical (unpaired) electrons. The van der Waals surface area contributed by atoms with E-state index in [1.807, 2.05) is 23.6 Å². The van der Waals surface area contributed by atoms with Crippen LogP contribution in [0.15, 0.2) is 84.5 Å². The number of rotatable bonds is 6. The first-order chi connectivity index (χ1) is 17.7. The second-order valence-electron chi connectivity index (χ2n) is 9.29. The number of aromatic nitrogens is 3. The summed E-state index contributed by atoms with van der Waals surface area (Å²) in [7, 11) is 2.19. The molecule has 1 aliphatic heterocycles. The van der Waals surface area contributed by atoms with Crippen molar-refractivity contribution in [3.8, 4) is 22.4 Å². The third-order valence-corrected chi connectivity index (χ3v) is 7.71. The van der Waals surface area contributed by atoms with E-state index in [0.29, 0.717) is 16.1 Å². The number of fused-ring (bicyclic) bond motifs is 1. The topological polar surface area (TPSA) is 53.7 Å². The van der Waals surface area contributed by atoms with Gasteiger partial charge in [0.1, 0.15) is 0 Å². The minimum absolute atomic E-state index is 0.0462. The van der Waals surface area contributed by atoms with Gasteiger partial charge >= 0.3 is 0 Å². The molecule has 1 saturated heterocycles. The average molecular weight is 494 g/mol. The fourth-order valence-electron chi connectivity index (χ4n) is 4.74. The molecule has 0 spiro atoms. The number of carbonyl (C=O) groups excluding carboxylic acids is 1. The molecule has 0 aliphatic carbocycles. The van der Waals surface area contributed by atoms with E-state index in [9.17, 15) is 4.79 Å². The van der Waals surface area contributed by atoms with Gasteiger partial charge in [-0.3, -0.25) is 9.69 Å². The van der Waals surface area contributed by atoms with Crippen LogP contribution in [0.3, 0.4) is 0 Å². The SMILES string of the molecule is CN1CCN(Cc2ccc(-c3cccc(-c4ccnc5c(C(=O)c6cccs6)cnn45)c3)cc2)CC1. The lowest BCUT2D eigenvalue weighted by Crippen LogP contribution is -2.43. The minimum Gasteiger partial charge on any atom is -0.304 e. The zero-order valence-corrected chi connectivity index (χ0v) is 21.0. The summed E-state index contributed by atoms with van der Waals surface area (Å²) < 4.78 is 1.76. The summed E-state index contributed by atoms with van der Waals surface area (Å²) in [6, 6.07) is 23.0. The van der Waals surface area contributed by atoms with Crippen molar-refractivity contribution in [2.24, 2.45) is 0 Å². The van der Waals surface area contributed by atoms with Crippen molar-refractivity contribution in [2.75, 3.05) is 33.2 Å². The lowest BCUT2D eigenvalue weighted by atomic mass is 10.0. The average Bonchev–Trinajstić information content (AvgIpc) is 3.61. The van der Waals surface area contributed by atoms with E-state index < -0.39 is 0 Å².